The lowest BCUT2D eigenvalue weighted by Crippen LogP contribution is -2.39. The van der Waals surface area contributed by atoms with Gasteiger partial charge in [-0.25, -0.2) is 4.79 Å². The lowest BCUT2D eigenvalue weighted by Gasteiger charge is -2.20. The van der Waals surface area contributed by atoms with Crippen molar-refractivity contribution in [2.75, 3.05) is 6.61 Å². The van der Waals surface area contributed by atoms with Gasteiger partial charge in [-0.3, -0.25) is 0 Å². The fourth-order valence-corrected chi connectivity index (χ4v) is 1.06. The highest BCUT2D eigenvalue weighted by molar-refractivity contribution is 5.75. The van der Waals surface area contributed by atoms with E-state index in [0.717, 1.165) is 12.8 Å². The van der Waals surface area contributed by atoms with E-state index in [2.05, 4.69) is 5.48 Å². The van der Waals surface area contributed by atoms with E-state index in [4.69, 9.17) is 9.94 Å². The van der Waals surface area contributed by atoms with Gasteiger partial charge in [-0.05, 0) is 39.5 Å². The molecule has 0 aliphatic heterocycles. The van der Waals surface area contributed by atoms with E-state index in [1.54, 1.807) is 20.8 Å². The van der Waals surface area contributed by atoms with Crippen LogP contribution in [0.25, 0.3) is 0 Å². The highest BCUT2D eigenvalue weighted by atomic mass is 16.7. The van der Waals surface area contributed by atoms with Gasteiger partial charge in [-0.2, -0.15) is 0 Å². The summed E-state index contributed by atoms with van der Waals surface area (Å²) in [6.07, 6.45) is 2.20. The predicted molar refractivity (Wildman–Crippen MR) is 52.3 cm³/mol. The molecule has 2 N–H and O–H groups in total. The van der Waals surface area contributed by atoms with Gasteiger partial charge in [0.15, 0.2) is 0 Å². The monoisotopic (exact) mass is 201 g/mol. The van der Waals surface area contributed by atoms with Crippen LogP contribution in [0, 0.1) is 11.3 Å². The third-order valence-corrected chi connectivity index (χ3v) is 2.30. The summed E-state index contributed by atoms with van der Waals surface area (Å²) in [6.45, 7) is 5.40. The van der Waals surface area contributed by atoms with Gasteiger partial charge in [0.1, 0.15) is 0 Å². The minimum atomic E-state index is -0.503. The maximum absolute atomic E-state index is 11.4. The number of rotatable bonds is 4. The van der Waals surface area contributed by atoms with Gasteiger partial charge >= 0.3 is 5.97 Å². The molecule has 0 aromatic carbocycles. The third-order valence-electron chi connectivity index (χ3n) is 2.30. The van der Waals surface area contributed by atoms with Gasteiger partial charge in [0.25, 0.3) is 0 Å². The van der Waals surface area contributed by atoms with Crippen LogP contribution in [0.4, 0.5) is 0 Å². The Labute approximate surface area is 84.6 Å². The van der Waals surface area contributed by atoms with Crippen molar-refractivity contribution in [3.8, 4) is 0 Å². The number of hydrogen-bond donors (Lipinski definition) is 2. The lowest BCUT2D eigenvalue weighted by molar-refractivity contribution is -0.163. The summed E-state index contributed by atoms with van der Waals surface area (Å²) < 4.78 is 0. The van der Waals surface area contributed by atoms with Crippen molar-refractivity contribution in [3.05, 3.63) is 0 Å². The smallest absolute Gasteiger partial charge is 0.329 e. The number of aliphatic hydroxyl groups excluding tert-OH is 1. The molecule has 0 bridgehead atoms. The average Bonchev–Trinajstić information content (AvgIpc) is 2.87. The third kappa shape index (κ3) is 3.27. The molecule has 82 valence electrons. The fraction of sp³-hybridized carbons (Fsp3) is 0.900. The summed E-state index contributed by atoms with van der Waals surface area (Å²) in [5.74, 6) is 0.171. The molecular formula is C10H19NO3. The predicted octanol–water partition coefficient (Wildman–Crippen LogP) is 0.851. The zero-order chi connectivity index (χ0) is 10.8. The largest absolute Gasteiger partial charge is 0.395 e. The molecule has 4 nitrogen and oxygen atoms in total. The molecule has 0 aromatic heterocycles. The number of carbonyl (C=O) groups is 1. The SMILES string of the molecule is CC(C)(C)C(=O)ONC(CO)C1CC1. The maximum Gasteiger partial charge on any atom is 0.329 e. The van der Waals surface area contributed by atoms with Gasteiger partial charge in [0, 0.05) is 0 Å². The molecule has 0 amide bonds. The molecule has 0 spiro atoms. The van der Waals surface area contributed by atoms with Crippen LogP contribution in [-0.2, 0) is 9.63 Å². The van der Waals surface area contributed by atoms with Crippen molar-refractivity contribution in [2.45, 2.75) is 39.7 Å². The quantitative estimate of drug-likeness (QED) is 0.662. The van der Waals surface area contributed by atoms with Gasteiger partial charge in [-0.15, -0.1) is 5.48 Å². The number of nitrogens with one attached hydrogen (secondary N) is 1. The van der Waals surface area contributed by atoms with Crippen LogP contribution >= 0.6 is 0 Å². The Morgan fingerprint density at radius 1 is 1.57 bits per heavy atom. The van der Waals surface area contributed by atoms with Crippen LogP contribution in [0.2, 0.25) is 0 Å². The van der Waals surface area contributed by atoms with Crippen LogP contribution in [0.15, 0.2) is 0 Å². The second-order valence-corrected chi connectivity index (χ2v) is 4.88. The lowest BCUT2D eigenvalue weighted by atomic mass is 9.98. The molecule has 1 rings (SSSR count). The summed E-state index contributed by atoms with van der Waals surface area (Å²) in [4.78, 5) is 16.3. The average molecular weight is 201 g/mol. The van der Waals surface area contributed by atoms with Crippen LogP contribution in [0.3, 0.4) is 0 Å². The first-order valence-electron chi connectivity index (χ1n) is 5.03. The molecule has 1 atom stereocenters. The maximum atomic E-state index is 11.4. The Hall–Kier alpha value is -0.610. The minimum absolute atomic E-state index is 0.0160. The first kappa shape index (κ1) is 11.5. The first-order chi connectivity index (χ1) is 6.45. The Bertz CT molecular complexity index is 206. The van der Waals surface area contributed by atoms with Gasteiger partial charge in [0.2, 0.25) is 0 Å². The summed E-state index contributed by atoms with van der Waals surface area (Å²) in [5, 5.41) is 9.00. The van der Waals surface area contributed by atoms with Crippen LogP contribution in [0.1, 0.15) is 33.6 Å². The van der Waals surface area contributed by atoms with Crippen molar-refractivity contribution in [3.63, 3.8) is 0 Å². The molecule has 1 aliphatic rings. The minimum Gasteiger partial charge on any atom is -0.395 e. The van der Waals surface area contributed by atoms with Gasteiger partial charge in [0.05, 0.1) is 18.1 Å². The molecule has 14 heavy (non-hydrogen) atoms. The molecule has 0 radical (unpaired) electrons. The Balaban J connectivity index is 2.27. The Morgan fingerprint density at radius 2 is 2.14 bits per heavy atom. The second-order valence-electron chi connectivity index (χ2n) is 4.88. The molecule has 1 unspecified atom stereocenters. The van der Waals surface area contributed by atoms with Crippen LogP contribution < -0.4 is 5.48 Å². The van der Waals surface area contributed by atoms with Crippen molar-refractivity contribution >= 4 is 5.97 Å². The van der Waals surface area contributed by atoms with Crippen molar-refractivity contribution in [1.82, 2.24) is 5.48 Å². The van der Waals surface area contributed by atoms with E-state index in [1.165, 1.54) is 0 Å². The molecular weight excluding hydrogens is 182 g/mol. The first-order valence-corrected chi connectivity index (χ1v) is 5.03. The van der Waals surface area contributed by atoms with Gasteiger partial charge < -0.3 is 9.94 Å². The highest BCUT2D eigenvalue weighted by Gasteiger charge is 2.32. The number of aliphatic hydroxyl groups is 1. The molecule has 0 saturated heterocycles. The van der Waals surface area contributed by atoms with Crippen molar-refractivity contribution < 1.29 is 14.7 Å². The molecule has 0 heterocycles. The van der Waals surface area contributed by atoms with E-state index in [1.807, 2.05) is 0 Å². The Kier molecular flexibility index (Phi) is 3.50. The number of hydrogen-bond acceptors (Lipinski definition) is 4. The zero-order valence-corrected chi connectivity index (χ0v) is 9.04. The van der Waals surface area contributed by atoms with Crippen molar-refractivity contribution in [2.24, 2.45) is 11.3 Å². The number of hydroxylamine groups is 1. The number of carbonyl (C=O) groups excluding carboxylic acids is 1. The molecule has 1 aliphatic carbocycles. The van der Waals surface area contributed by atoms with E-state index in [0.29, 0.717) is 5.92 Å². The summed E-state index contributed by atoms with van der Waals surface area (Å²) in [7, 11) is 0. The van der Waals surface area contributed by atoms with Crippen molar-refractivity contribution in [1.29, 1.82) is 0 Å². The zero-order valence-electron chi connectivity index (χ0n) is 9.04. The molecule has 0 aromatic rings. The van der Waals surface area contributed by atoms with Crippen LogP contribution in [-0.4, -0.2) is 23.7 Å². The topological polar surface area (TPSA) is 58.6 Å². The molecule has 1 fully saturated rings. The second kappa shape index (κ2) is 4.28. The Morgan fingerprint density at radius 3 is 2.50 bits per heavy atom. The van der Waals surface area contributed by atoms with Gasteiger partial charge in [-0.1, -0.05) is 0 Å². The summed E-state index contributed by atoms with van der Waals surface area (Å²) >= 11 is 0. The normalized spacial score (nSPS) is 19.1. The fourth-order valence-electron chi connectivity index (χ4n) is 1.06. The van der Waals surface area contributed by atoms with E-state index >= 15 is 0 Å². The highest BCUT2D eigenvalue weighted by Crippen LogP contribution is 2.32. The summed E-state index contributed by atoms with van der Waals surface area (Å²) in [5.41, 5.74) is 2.13. The summed E-state index contributed by atoms with van der Waals surface area (Å²) in [6, 6.07) is -0.0960. The van der Waals surface area contributed by atoms with E-state index in [9.17, 15) is 4.79 Å². The molecule has 4 heteroatoms. The van der Waals surface area contributed by atoms with E-state index in [-0.39, 0.29) is 18.6 Å². The molecule has 1 saturated carbocycles. The standard InChI is InChI=1S/C10H19NO3/c1-10(2,3)9(13)14-11-8(6-12)7-4-5-7/h7-8,11-12H,4-6H2,1-3H3. The van der Waals surface area contributed by atoms with Crippen LogP contribution in [0.5, 0.6) is 0 Å². The van der Waals surface area contributed by atoms with E-state index < -0.39 is 5.41 Å².